The number of rotatable bonds is 2. The minimum absolute atomic E-state index is 0.625. The van der Waals surface area contributed by atoms with E-state index in [2.05, 4.69) is 31.4 Å². The standard InChI is InChI=1S/C10H12BrN3/c1-7-8-3-2-4-9(11)14(8)10(13-7)5-6-12/h2-4H,5-6,12H2,1H3. The Kier molecular flexibility index (Phi) is 2.56. The molecule has 2 rings (SSSR count). The second-order valence-electron chi connectivity index (χ2n) is 3.22. The van der Waals surface area contributed by atoms with Crippen molar-refractivity contribution in [2.24, 2.45) is 5.73 Å². The molecule has 0 atom stereocenters. The van der Waals surface area contributed by atoms with Crippen LogP contribution in [0.5, 0.6) is 0 Å². The molecule has 0 saturated heterocycles. The molecule has 0 aliphatic rings. The molecule has 0 aromatic carbocycles. The molecule has 0 amide bonds. The van der Waals surface area contributed by atoms with E-state index in [0.717, 1.165) is 28.1 Å². The van der Waals surface area contributed by atoms with E-state index >= 15 is 0 Å². The lowest BCUT2D eigenvalue weighted by Crippen LogP contribution is -2.06. The number of nitrogens with two attached hydrogens (primary N) is 1. The molecule has 2 aromatic rings. The summed E-state index contributed by atoms with van der Waals surface area (Å²) in [6.45, 7) is 2.64. The van der Waals surface area contributed by atoms with Crippen LogP contribution in [0.1, 0.15) is 11.5 Å². The van der Waals surface area contributed by atoms with Crippen molar-refractivity contribution in [3.05, 3.63) is 34.3 Å². The lowest BCUT2D eigenvalue weighted by Gasteiger charge is -2.01. The predicted octanol–water partition coefficient (Wildman–Crippen LogP) is 1.91. The van der Waals surface area contributed by atoms with Gasteiger partial charge in [0.25, 0.3) is 0 Å². The number of pyridine rings is 1. The van der Waals surface area contributed by atoms with Crippen molar-refractivity contribution in [2.45, 2.75) is 13.3 Å². The fourth-order valence-electron chi connectivity index (χ4n) is 1.63. The Balaban J connectivity index is 2.72. The van der Waals surface area contributed by atoms with Crippen LogP contribution in [0.2, 0.25) is 0 Å². The van der Waals surface area contributed by atoms with E-state index in [1.54, 1.807) is 0 Å². The summed E-state index contributed by atoms with van der Waals surface area (Å²) in [6.07, 6.45) is 0.803. The van der Waals surface area contributed by atoms with Gasteiger partial charge >= 0.3 is 0 Å². The number of hydrogen-bond acceptors (Lipinski definition) is 2. The van der Waals surface area contributed by atoms with Crippen LogP contribution < -0.4 is 5.73 Å². The Morgan fingerprint density at radius 1 is 1.50 bits per heavy atom. The summed E-state index contributed by atoms with van der Waals surface area (Å²) in [6, 6.07) is 6.08. The van der Waals surface area contributed by atoms with Crippen LogP contribution >= 0.6 is 15.9 Å². The number of halogens is 1. The van der Waals surface area contributed by atoms with Crippen molar-refractivity contribution < 1.29 is 0 Å². The monoisotopic (exact) mass is 253 g/mol. The van der Waals surface area contributed by atoms with E-state index in [9.17, 15) is 0 Å². The van der Waals surface area contributed by atoms with Gasteiger partial charge in [-0.05, 0) is 41.5 Å². The minimum Gasteiger partial charge on any atom is -0.330 e. The highest BCUT2D eigenvalue weighted by atomic mass is 79.9. The molecule has 0 fully saturated rings. The summed E-state index contributed by atoms with van der Waals surface area (Å²) in [5.41, 5.74) is 7.73. The first kappa shape index (κ1) is 9.68. The molecule has 0 unspecified atom stereocenters. The van der Waals surface area contributed by atoms with Crippen molar-refractivity contribution in [3.63, 3.8) is 0 Å². The Bertz CT molecular complexity index is 462. The van der Waals surface area contributed by atoms with E-state index in [1.165, 1.54) is 0 Å². The van der Waals surface area contributed by atoms with Gasteiger partial charge in [-0.25, -0.2) is 4.98 Å². The number of aromatic nitrogens is 2. The topological polar surface area (TPSA) is 43.3 Å². The Morgan fingerprint density at radius 2 is 2.29 bits per heavy atom. The first-order valence-corrected chi connectivity index (χ1v) is 5.36. The lowest BCUT2D eigenvalue weighted by molar-refractivity contribution is 0.853. The van der Waals surface area contributed by atoms with Crippen LogP contribution in [0.4, 0.5) is 0 Å². The van der Waals surface area contributed by atoms with Crippen LogP contribution in [0.25, 0.3) is 5.52 Å². The van der Waals surface area contributed by atoms with Crippen molar-refractivity contribution >= 4 is 21.4 Å². The molecular formula is C10H12BrN3. The predicted molar refractivity (Wildman–Crippen MR) is 60.4 cm³/mol. The molecule has 0 aliphatic heterocycles. The van der Waals surface area contributed by atoms with Gasteiger partial charge in [0.05, 0.1) is 15.8 Å². The molecule has 3 nitrogen and oxygen atoms in total. The van der Waals surface area contributed by atoms with E-state index in [-0.39, 0.29) is 0 Å². The first-order valence-electron chi connectivity index (χ1n) is 4.56. The van der Waals surface area contributed by atoms with Gasteiger partial charge in [0.15, 0.2) is 0 Å². The van der Waals surface area contributed by atoms with Gasteiger partial charge < -0.3 is 5.73 Å². The zero-order valence-corrected chi connectivity index (χ0v) is 9.58. The summed E-state index contributed by atoms with van der Waals surface area (Å²) < 4.78 is 3.13. The zero-order valence-electron chi connectivity index (χ0n) is 8.00. The third-order valence-electron chi connectivity index (χ3n) is 2.24. The van der Waals surface area contributed by atoms with Crippen LogP contribution in [-0.2, 0) is 6.42 Å². The van der Waals surface area contributed by atoms with Gasteiger partial charge in [0.2, 0.25) is 0 Å². The highest BCUT2D eigenvalue weighted by Crippen LogP contribution is 2.19. The van der Waals surface area contributed by atoms with Crippen LogP contribution in [0, 0.1) is 6.92 Å². The highest BCUT2D eigenvalue weighted by molar-refractivity contribution is 9.10. The molecule has 0 spiro atoms. The number of hydrogen-bond donors (Lipinski definition) is 1. The molecule has 4 heteroatoms. The largest absolute Gasteiger partial charge is 0.330 e. The molecule has 2 aromatic heterocycles. The molecule has 2 heterocycles. The normalized spacial score (nSPS) is 11.1. The van der Waals surface area contributed by atoms with Crippen molar-refractivity contribution in [1.82, 2.24) is 9.38 Å². The summed E-state index contributed by atoms with van der Waals surface area (Å²) in [5, 5.41) is 0. The Morgan fingerprint density at radius 3 is 3.00 bits per heavy atom. The SMILES string of the molecule is Cc1nc(CCN)n2c(Br)cccc12. The van der Waals surface area contributed by atoms with Gasteiger partial charge in [0.1, 0.15) is 5.82 Å². The Labute approximate surface area is 91.1 Å². The van der Waals surface area contributed by atoms with Crippen molar-refractivity contribution in [3.8, 4) is 0 Å². The summed E-state index contributed by atoms with van der Waals surface area (Å²) in [5.74, 6) is 1.02. The van der Waals surface area contributed by atoms with E-state index < -0.39 is 0 Å². The summed E-state index contributed by atoms with van der Waals surface area (Å²) in [4.78, 5) is 4.49. The average molecular weight is 254 g/mol. The molecule has 0 radical (unpaired) electrons. The molecule has 74 valence electrons. The lowest BCUT2D eigenvalue weighted by atomic mass is 10.3. The smallest absolute Gasteiger partial charge is 0.115 e. The molecule has 0 saturated carbocycles. The van der Waals surface area contributed by atoms with Crippen molar-refractivity contribution in [1.29, 1.82) is 0 Å². The van der Waals surface area contributed by atoms with Gasteiger partial charge in [-0.3, -0.25) is 4.40 Å². The number of fused-ring (bicyclic) bond motifs is 1. The molecular weight excluding hydrogens is 242 g/mol. The molecule has 0 bridgehead atoms. The van der Waals surface area contributed by atoms with Gasteiger partial charge in [-0.1, -0.05) is 6.07 Å². The van der Waals surface area contributed by atoms with Gasteiger partial charge in [-0.2, -0.15) is 0 Å². The van der Waals surface area contributed by atoms with Crippen LogP contribution in [-0.4, -0.2) is 15.9 Å². The second kappa shape index (κ2) is 3.71. The quantitative estimate of drug-likeness (QED) is 0.832. The van der Waals surface area contributed by atoms with E-state index in [0.29, 0.717) is 6.54 Å². The zero-order chi connectivity index (χ0) is 10.1. The second-order valence-corrected chi connectivity index (χ2v) is 4.03. The molecule has 0 aliphatic carbocycles. The van der Waals surface area contributed by atoms with Crippen LogP contribution in [0.15, 0.2) is 22.8 Å². The number of aryl methyl sites for hydroxylation is 1. The van der Waals surface area contributed by atoms with Gasteiger partial charge in [0, 0.05) is 6.42 Å². The first-order chi connectivity index (χ1) is 6.74. The van der Waals surface area contributed by atoms with E-state index in [1.807, 2.05) is 19.1 Å². The maximum atomic E-state index is 5.54. The molecule has 14 heavy (non-hydrogen) atoms. The van der Waals surface area contributed by atoms with E-state index in [4.69, 9.17) is 5.73 Å². The maximum Gasteiger partial charge on any atom is 0.115 e. The van der Waals surface area contributed by atoms with Crippen molar-refractivity contribution in [2.75, 3.05) is 6.54 Å². The fourth-order valence-corrected chi connectivity index (χ4v) is 2.17. The summed E-state index contributed by atoms with van der Waals surface area (Å²) >= 11 is 3.51. The van der Waals surface area contributed by atoms with Crippen LogP contribution in [0.3, 0.4) is 0 Å². The number of imidazole rings is 1. The highest BCUT2D eigenvalue weighted by Gasteiger charge is 2.08. The minimum atomic E-state index is 0.625. The average Bonchev–Trinajstić information content (AvgIpc) is 2.46. The third kappa shape index (κ3) is 1.44. The third-order valence-corrected chi connectivity index (χ3v) is 2.85. The fraction of sp³-hybridized carbons (Fsp3) is 0.300. The van der Waals surface area contributed by atoms with Gasteiger partial charge in [-0.15, -0.1) is 0 Å². The summed E-state index contributed by atoms with van der Waals surface area (Å²) in [7, 11) is 0. The maximum absolute atomic E-state index is 5.54. The molecule has 2 N–H and O–H groups in total. The number of nitrogens with zero attached hydrogens (tertiary/aromatic N) is 2. The Hall–Kier alpha value is -0.870.